The number of benzene rings is 2. The first-order chi connectivity index (χ1) is 15.7. The second-order valence-electron chi connectivity index (χ2n) is 8.31. The van der Waals surface area contributed by atoms with Gasteiger partial charge in [-0.1, -0.05) is 17.6 Å². The summed E-state index contributed by atoms with van der Waals surface area (Å²) in [4.78, 5) is 12.9. The van der Waals surface area contributed by atoms with Crippen molar-refractivity contribution in [2.24, 2.45) is 0 Å². The van der Waals surface area contributed by atoms with Gasteiger partial charge in [0.1, 0.15) is 13.5 Å². The van der Waals surface area contributed by atoms with Crippen LogP contribution in [-0.4, -0.2) is 63.8 Å². The highest BCUT2D eigenvalue weighted by molar-refractivity contribution is 7.98. The van der Waals surface area contributed by atoms with Gasteiger partial charge in [0.25, 0.3) is 5.91 Å². The highest BCUT2D eigenvalue weighted by Gasteiger charge is 2.32. The molecule has 1 aliphatic carbocycles. The monoisotopic (exact) mass is 482 g/mol. The number of amides is 1. The number of anilines is 1. The van der Waals surface area contributed by atoms with Crippen LogP contribution in [0.1, 0.15) is 41.2 Å². The summed E-state index contributed by atoms with van der Waals surface area (Å²) in [5.74, 6) is 0.898. The van der Waals surface area contributed by atoms with E-state index in [-0.39, 0.29) is 11.8 Å². The SMILES string of the molecule is [B]c1ccc(-n2nc3cc(N(CCCSC)S(C)(=O)=O)c(C4CC4)cc3c2C(=O)NC)cc1. The number of sulfonamides is 1. The van der Waals surface area contributed by atoms with E-state index in [1.165, 1.54) is 10.6 Å². The highest BCUT2D eigenvalue weighted by Crippen LogP contribution is 2.46. The number of hydrogen-bond acceptors (Lipinski definition) is 5. The smallest absolute Gasteiger partial charge is 0.270 e. The van der Waals surface area contributed by atoms with Gasteiger partial charge in [-0.3, -0.25) is 9.10 Å². The fourth-order valence-electron chi connectivity index (χ4n) is 4.03. The Morgan fingerprint density at radius 2 is 1.97 bits per heavy atom. The number of aromatic nitrogens is 2. The number of fused-ring (bicyclic) bond motifs is 1. The van der Waals surface area contributed by atoms with Gasteiger partial charge in [-0.2, -0.15) is 16.9 Å². The van der Waals surface area contributed by atoms with Crippen LogP contribution in [0.25, 0.3) is 16.6 Å². The summed E-state index contributed by atoms with van der Waals surface area (Å²) in [5, 5.41) is 8.12. The van der Waals surface area contributed by atoms with Crippen LogP contribution in [0.5, 0.6) is 0 Å². The van der Waals surface area contributed by atoms with E-state index in [2.05, 4.69) is 5.32 Å². The van der Waals surface area contributed by atoms with E-state index in [4.69, 9.17) is 12.9 Å². The quantitative estimate of drug-likeness (QED) is 0.375. The normalized spacial score (nSPS) is 13.9. The summed E-state index contributed by atoms with van der Waals surface area (Å²) in [5.41, 5.74) is 3.93. The molecule has 2 radical (unpaired) electrons. The molecular weight excluding hydrogens is 455 g/mol. The second-order valence-corrected chi connectivity index (χ2v) is 11.2. The maximum absolute atomic E-state index is 12.9. The van der Waals surface area contributed by atoms with Crippen molar-refractivity contribution < 1.29 is 13.2 Å². The molecule has 0 saturated heterocycles. The van der Waals surface area contributed by atoms with Crippen LogP contribution in [0.2, 0.25) is 0 Å². The Bertz CT molecular complexity index is 1290. The van der Waals surface area contributed by atoms with Crippen LogP contribution in [0.4, 0.5) is 5.69 Å². The largest absolute Gasteiger partial charge is 0.354 e. The molecule has 2 aromatic carbocycles. The Morgan fingerprint density at radius 1 is 1.27 bits per heavy atom. The van der Waals surface area contributed by atoms with E-state index in [0.717, 1.165) is 30.6 Å². The summed E-state index contributed by atoms with van der Waals surface area (Å²) in [6.45, 7) is 0.409. The fraction of sp³-hybridized carbons (Fsp3) is 0.391. The number of carbonyl (C=O) groups is 1. The minimum Gasteiger partial charge on any atom is -0.354 e. The molecule has 1 aliphatic rings. The molecule has 0 aliphatic heterocycles. The number of thioether (sulfide) groups is 1. The van der Waals surface area contributed by atoms with Crippen molar-refractivity contribution in [3.8, 4) is 5.69 Å². The van der Waals surface area contributed by atoms with Crippen molar-refractivity contribution in [1.82, 2.24) is 15.1 Å². The van der Waals surface area contributed by atoms with Gasteiger partial charge in [-0.05, 0) is 67.0 Å². The zero-order valence-corrected chi connectivity index (χ0v) is 20.7. The van der Waals surface area contributed by atoms with E-state index in [9.17, 15) is 13.2 Å². The van der Waals surface area contributed by atoms with Gasteiger partial charge in [-0.25, -0.2) is 13.1 Å². The molecule has 0 bridgehead atoms. The zero-order chi connectivity index (χ0) is 23.8. The third-order valence-corrected chi connectivity index (χ3v) is 7.67. The maximum Gasteiger partial charge on any atom is 0.270 e. The number of nitrogens with one attached hydrogen (secondary N) is 1. The molecule has 0 atom stereocenters. The number of nitrogens with zero attached hydrogens (tertiary/aromatic N) is 3. The molecule has 1 N–H and O–H groups in total. The van der Waals surface area contributed by atoms with Crippen molar-refractivity contribution in [3.63, 3.8) is 0 Å². The van der Waals surface area contributed by atoms with E-state index in [1.54, 1.807) is 35.6 Å². The van der Waals surface area contributed by atoms with Gasteiger partial charge in [0.05, 0.1) is 23.1 Å². The van der Waals surface area contributed by atoms with E-state index in [1.807, 2.05) is 30.5 Å². The lowest BCUT2D eigenvalue weighted by Gasteiger charge is -2.25. The number of rotatable bonds is 9. The Balaban J connectivity index is 1.93. The van der Waals surface area contributed by atoms with Gasteiger partial charge in [0, 0.05) is 19.0 Å². The molecule has 1 fully saturated rings. The summed E-state index contributed by atoms with van der Waals surface area (Å²) in [6, 6.07) is 10.9. The third-order valence-electron chi connectivity index (χ3n) is 5.80. The molecular formula is C23H27BN4O3S2. The standard InChI is InChI=1S/C23H27BN4O3S2/c1-25-23(29)22-19-13-18(15-5-6-15)21(27(33(3,30)31)11-4-12-32-2)14-20(19)26-28(22)17-9-7-16(24)8-10-17/h7-10,13-15H,4-6,11-12H2,1-3H3,(H,25,29). The molecule has 0 spiro atoms. The average Bonchev–Trinajstić information content (AvgIpc) is 3.55. The first kappa shape index (κ1) is 23.7. The zero-order valence-electron chi connectivity index (χ0n) is 19.0. The number of hydrogen-bond donors (Lipinski definition) is 1. The third kappa shape index (κ3) is 4.91. The molecule has 7 nitrogen and oxygen atoms in total. The molecule has 1 heterocycles. The van der Waals surface area contributed by atoms with Crippen LogP contribution in [0.15, 0.2) is 36.4 Å². The molecule has 4 rings (SSSR count). The van der Waals surface area contributed by atoms with E-state index >= 15 is 0 Å². The Hall–Kier alpha value is -2.46. The lowest BCUT2D eigenvalue weighted by Crippen LogP contribution is -2.32. The van der Waals surface area contributed by atoms with Crippen molar-refractivity contribution >= 4 is 57.6 Å². The molecule has 1 saturated carbocycles. The van der Waals surface area contributed by atoms with Crippen molar-refractivity contribution in [2.75, 3.05) is 36.2 Å². The summed E-state index contributed by atoms with van der Waals surface area (Å²) in [6.07, 6.45) is 6.01. The van der Waals surface area contributed by atoms with Gasteiger partial charge < -0.3 is 5.32 Å². The Morgan fingerprint density at radius 3 is 2.55 bits per heavy atom. The molecule has 10 heteroatoms. The molecule has 172 valence electrons. The van der Waals surface area contributed by atoms with Gasteiger partial charge >= 0.3 is 0 Å². The van der Waals surface area contributed by atoms with Crippen LogP contribution in [0, 0.1) is 0 Å². The molecule has 1 aromatic heterocycles. The van der Waals surface area contributed by atoms with Gasteiger partial charge in [0.2, 0.25) is 10.0 Å². The first-order valence-electron chi connectivity index (χ1n) is 10.9. The summed E-state index contributed by atoms with van der Waals surface area (Å²) < 4.78 is 28.6. The van der Waals surface area contributed by atoms with Crippen LogP contribution in [-0.2, 0) is 10.0 Å². The number of carbonyl (C=O) groups excluding carboxylic acids is 1. The predicted octanol–water partition coefficient (Wildman–Crippen LogP) is 2.58. The molecule has 1 amide bonds. The van der Waals surface area contributed by atoms with Crippen molar-refractivity contribution in [2.45, 2.75) is 25.2 Å². The fourth-order valence-corrected chi connectivity index (χ4v) is 5.43. The highest BCUT2D eigenvalue weighted by atomic mass is 32.2. The van der Waals surface area contributed by atoms with Gasteiger partial charge in [-0.15, -0.1) is 0 Å². The van der Waals surface area contributed by atoms with E-state index < -0.39 is 10.0 Å². The molecule has 0 unspecified atom stereocenters. The predicted molar refractivity (Wildman–Crippen MR) is 137 cm³/mol. The van der Waals surface area contributed by atoms with E-state index in [0.29, 0.717) is 40.0 Å². The van der Waals surface area contributed by atoms with Crippen LogP contribution >= 0.6 is 11.8 Å². The molecule has 33 heavy (non-hydrogen) atoms. The molecule has 3 aromatic rings. The summed E-state index contributed by atoms with van der Waals surface area (Å²) in [7, 11) is 3.94. The Kier molecular flexibility index (Phi) is 6.77. The maximum atomic E-state index is 12.9. The lowest BCUT2D eigenvalue weighted by atomic mass is 9.96. The summed E-state index contributed by atoms with van der Waals surface area (Å²) >= 11 is 1.69. The van der Waals surface area contributed by atoms with Crippen LogP contribution in [0.3, 0.4) is 0 Å². The average molecular weight is 482 g/mol. The van der Waals surface area contributed by atoms with Crippen molar-refractivity contribution in [3.05, 3.63) is 47.7 Å². The van der Waals surface area contributed by atoms with Gasteiger partial charge in [0.15, 0.2) is 0 Å². The first-order valence-corrected chi connectivity index (χ1v) is 14.1. The van der Waals surface area contributed by atoms with Crippen LogP contribution < -0.4 is 15.1 Å². The topological polar surface area (TPSA) is 84.3 Å². The minimum absolute atomic E-state index is 0.260. The second kappa shape index (κ2) is 9.42. The van der Waals surface area contributed by atoms with Crippen molar-refractivity contribution in [1.29, 1.82) is 0 Å². The minimum atomic E-state index is -3.48. The Labute approximate surface area is 200 Å². The lowest BCUT2D eigenvalue weighted by molar-refractivity contribution is 0.0957.